The van der Waals surface area contributed by atoms with Crippen LogP contribution in [-0.4, -0.2) is 18.6 Å². The molecule has 0 aromatic heterocycles. The lowest BCUT2D eigenvalue weighted by Crippen LogP contribution is -2.23. The number of amides is 2. The van der Waals surface area contributed by atoms with Gasteiger partial charge in [-0.2, -0.15) is 0 Å². The van der Waals surface area contributed by atoms with Gasteiger partial charge >= 0.3 is 6.09 Å². The molecule has 0 atom stereocenters. The number of nitrogens with one attached hydrogen (secondary N) is 2. The summed E-state index contributed by atoms with van der Waals surface area (Å²) in [7, 11) is 0. The fraction of sp³-hybridized carbons (Fsp3) is 0.125. The first kappa shape index (κ1) is 15.9. The predicted molar refractivity (Wildman–Crippen MR) is 86.2 cm³/mol. The summed E-state index contributed by atoms with van der Waals surface area (Å²) in [5, 5.41) is 5.63. The Hall–Kier alpha value is -2.53. The summed E-state index contributed by atoms with van der Waals surface area (Å²) in [4.78, 5) is 23.3. The zero-order valence-electron chi connectivity index (χ0n) is 11.9. The maximum atomic E-state index is 11.7. The second-order valence-electron chi connectivity index (χ2n) is 4.63. The molecule has 2 aromatic rings. The second-order valence-corrected chi connectivity index (χ2v) is 5.07. The second kappa shape index (κ2) is 7.47. The molecule has 2 N–H and O–H groups in total. The molecule has 6 heteroatoms. The third kappa shape index (κ3) is 5.10. The number of anilines is 2. The van der Waals surface area contributed by atoms with E-state index in [0.29, 0.717) is 16.4 Å². The Kier molecular flexibility index (Phi) is 5.38. The summed E-state index contributed by atoms with van der Waals surface area (Å²) >= 11 is 5.80. The van der Waals surface area contributed by atoms with Crippen molar-refractivity contribution in [3.05, 3.63) is 59.1 Å². The van der Waals surface area contributed by atoms with Gasteiger partial charge in [-0.1, -0.05) is 29.8 Å². The van der Waals surface area contributed by atoms with Gasteiger partial charge in [0.1, 0.15) is 0 Å². The van der Waals surface area contributed by atoms with Crippen LogP contribution in [0.25, 0.3) is 0 Å². The minimum atomic E-state index is -0.721. The maximum absolute atomic E-state index is 11.7. The molecule has 114 valence electrons. The number of hydrogen-bond acceptors (Lipinski definition) is 3. The van der Waals surface area contributed by atoms with Crippen LogP contribution in [0.15, 0.2) is 48.5 Å². The van der Waals surface area contributed by atoms with Crippen LogP contribution in [0.2, 0.25) is 5.02 Å². The lowest BCUT2D eigenvalue weighted by atomic mass is 10.2. The summed E-state index contributed by atoms with van der Waals surface area (Å²) in [5.74, 6) is -0.410. The lowest BCUT2D eigenvalue weighted by molar-refractivity contribution is -0.118. The molecule has 0 saturated carbocycles. The molecule has 0 radical (unpaired) electrons. The van der Waals surface area contributed by atoms with Gasteiger partial charge in [0, 0.05) is 16.4 Å². The number of rotatable bonds is 4. The van der Waals surface area contributed by atoms with Crippen LogP contribution in [0, 0.1) is 6.92 Å². The Morgan fingerprint density at radius 1 is 1.05 bits per heavy atom. The molecule has 0 fully saturated rings. The molecule has 2 rings (SSSR count). The zero-order valence-corrected chi connectivity index (χ0v) is 12.7. The molecule has 0 unspecified atom stereocenters. The number of benzene rings is 2. The Morgan fingerprint density at radius 3 is 2.41 bits per heavy atom. The minimum Gasteiger partial charge on any atom is -0.439 e. The molecular formula is C16H15ClN2O3. The van der Waals surface area contributed by atoms with Crippen molar-refractivity contribution in [1.29, 1.82) is 0 Å². The van der Waals surface area contributed by atoms with Crippen LogP contribution in [-0.2, 0) is 9.53 Å². The van der Waals surface area contributed by atoms with Crippen LogP contribution in [0.3, 0.4) is 0 Å². The molecule has 0 heterocycles. The molecule has 0 aliphatic carbocycles. The van der Waals surface area contributed by atoms with E-state index >= 15 is 0 Å². The van der Waals surface area contributed by atoms with Gasteiger partial charge in [-0.3, -0.25) is 10.1 Å². The van der Waals surface area contributed by atoms with Crippen molar-refractivity contribution in [3.8, 4) is 0 Å². The van der Waals surface area contributed by atoms with E-state index in [1.807, 2.05) is 25.1 Å². The predicted octanol–water partition coefficient (Wildman–Crippen LogP) is 3.84. The van der Waals surface area contributed by atoms with E-state index in [2.05, 4.69) is 10.6 Å². The van der Waals surface area contributed by atoms with E-state index in [-0.39, 0.29) is 6.61 Å². The fourth-order valence-electron chi connectivity index (χ4n) is 1.77. The smallest absolute Gasteiger partial charge is 0.412 e. The number of carbonyl (C=O) groups is 2. The summed E-state index contributed by atoms with van der Waals surface area (Å²) in [6.07, 6.45) is -0.721. The maximum Gasteiger partial charge on any atom is 0.412 e. The largest absolute Gasteiger partial charge is 0.439 e. The first-order chi connectivity index (χ1) is 10.5. The van der Waals surface area contributed by atoms with Gasteiger partial charge < -0.3 is 10.1 Å². The van der Waals surface area contributed by atoms with E-state index in [0.717, 1.165) is 5.56 Å². The molecule has 0 bridgehead atoms. The third-order valence-corrected chi connectivity index (χ3v) is 2.94. The number of aryl methyl sites for hydroxylation is 1. The number of hydrogen-bond donors (Lipinski definition) is 2. The third-order valence-electron chi connectivity index (χ3n) is 2.71. The van der Waals surface area contributed by atoms with Gasteiger partial charge in [-0.05, 0) is 42.8 Å². The molecule has 0 aliphatic heterocycles. The Bertz CT molecular complexity index is 629. The van der Waals surface area contributed by atoms with Gasteiger partial charge in [0.25, 0.3) is 5.91 Å². The Balaban J connectivity index is 1.79. The topological polar surface area (TPSA) is 67.4 Å². The van der Waals surface area contributed by atoms with Crippen LogP contribution in [0.1, 0.15) is 5.56 Å². The van der Waals surface area contributed by atoms with Crippen LogP contribution in [0.5, 0.6) is 0 Å². The number of carbonyl (C=O) groups excluding carboxylic acids is 2. The average Bonchev–Trinajstić information content (AvgIpc) is 2.45. The van der Waals surface area contributed by atoms with Gasteiger partial charge in [0.05, 0.1) is 0 Å². The molecule has 22 heavy (non-hydrogen) atoms. The van der Waals surface area contributed by atoms with Gasteiger partial charge in [-0.15, -0.1) is 0 Å². The quantitative estimate of drug-likeness (QED) is 0.900. The number of ether oxygens (including phenoxy) is 1. The van der Waals surface area contributed by atoms with Gasteiger partial charge in [-0.25, -0.2) is 4.79 Å². The molecule has 2 amide bonds. The molecule has 0 saturated heterocycles. The highest BCUT2D eigenvalue weighted by molar-refractivity contribution is 6.30. The van der Waals surface area contributed by atoms with E-state index in [4.69, 9.17) is 16.3 Å². The SMILES string of the molecule is Cc1cccc(NC(=O)COC(=O)Nc2cccc(Cl)c2)c1. The molecule has 5 nitrogen and oxygen atoms in total. The first-order valence-electron chi connectivity index (χ1n) is 6.59. The highest BCUT2D eigenvalue weighted by atomic mass is 35.5. The normalized spacial score (nSPS) is 9.91. The first-order valence-corrected chi connectivity index (χ1v) is 6.96. The molecule has 2 aromatic carbocycles. The standard InChI is InChI=1S/C16H15ClN2O3/c1-11-4-2-6-13(8-11)18-15(20)10-22-16(21)19-14-7-3-5-12(17)9-14/h2-9H,10H2,1H3,(H,18,20)(H,19,21). The van der Waals surface area contributed by atoms with Crippen molar-refractivity contribution in [3.63, 3.8) is 0 Å². The molecular weight excluding hydrogens is 304 g/mol. The monoisotopic (exact) mass is 318 g/mol. The van der Waals surface area contributed by atoms with Gasteiger partial charge in [0.2, 0.25) is 0 Å². The van der Waals surface area contributed by atoms with Crippen molar-refractivity contribution in [1.82, 2.24) is 0 Å². The molecule has 0 spiro atoms. The number of halogens is 1. The van der Waals surface area contributed by atoms with E-state index < -0.39 is 12.0 Å². The highest BCUT2D eigenvalue weighted by Gasteiger charge is 2.08. The average molecular weight is 319 g/mol. The van der Waals surface area contributed by atoms with Crippen molar-refractivity contribution < 1.29 is 14.3 Å². The highest BCUT2D eigenvalue weighted by Crippen LogP contribution is 2.15. The minimum absolute atomic E-state index is 0.375. The van der Waals surface area contributed by atoms with Crippen LogP contribution >= 0.6 is 11.6 Å². The summed E-state index contributed by atoms with van der Waals surface area (Å²) in [6, 6.07) is 14.0. The summed E-state index contributed by atoms with van der Waals surface area (Å²) in [5.41, 5.74) is 2.18. The van der Waals surface area contributed by atoms with Gasteiger partial charge in [0.15, 0.2) is 6.61 Å². The molecule has 0 aliphatic rings. The van der Waals surface area contributed by atoms with Crippen molar-refractivity contribution in [2.45, 2.75) is 6.92 Å². The zero-order chi connectivity index (χ0) is 15.9. The fourth-order valence-corrected chi connectivity index (χ4v) is 1.96. The Morgan fingerprint density at radius 2 is 1.73 bits per heavy atom. The summed E-state index contributed by atoms with van der Waals surface area (Å²) < 4.78 is 4.84. The van der Waals surface area contributed by atoms with Crippen molar-refractivity contribution in [2.75, 3.05) is 17.2 Å². The van der Waals surface area contributed by atoms with E-state index in [1.54, 1.807) is 30.3 Å². The van der Waals surface area contributed by atoms with Crippen LogP contribution < -0.4 is 10.6 Å². The van der Waals surface area contributed by atoms with Crippen molar-refractivity contribution >= 4 is 35.0 Å². The lowest BCUT2D eigenvalue weighted by Gasteiger charge is -2.08. The van der Waals surface area contributed by atoms with Crippen molar-refractivity contribution in [2.24, 2.45) is 0 Å². The van der Waals surface area contributed by atoms with E-state index in [1.165, 1.54) is 0 Å². The Labute approximate surface area is 133 Å². The summed E-state index contributed by atoms with van der Waals surface area (Å²) in [6.45, 7) is 1.55. The van der Waals surface area contributed by atoms with E-state index in [9.17, 15) is 9.59 Å². The van der Waals surface area contributed by atoms with Crippen LogP contribution in [0.4, 0.5) is 16.2 Å².